The molecule has 11 heteroatoms. The number of nitrogens with zero attached hydrogens (tertiary/aromatic N) is 2. The van der Waals surface area contributed by atoms with Crippen molar-refractivity contribution in [3.05, 3.63) is 86.4 Å². The number of hydrogen-bond acceptors (Lipinski definition) is 8. The number of non-ortho nitro benzene ring substituents is 1. The predicted octanol–water partition coefficient (Wildman–Crippen LogP) is 5.40. The molecule has 0 aliphatic carbocycles. The Labute approximate surface area is 217 Å². The lowest BCUT2D eigenvalue weighted by Crippen LogP contribution is -2.14. The molecular weight excluding hydrogens is 502 g/mol. The molecule has 0 aliphatic heterocycles. The second kappa shape index (κ2) is 12.3. The number of nitriles is 1. The van der Waals surface area contributed by atoms with Gasteiger partial charge in [-0.2, -0.15) is 5.26 Å². The minimum Gasteiger partial charge on any atom is -0.497 e. The van der Waals surface area contributed by atoms with Crippen molar-refractivity contribution in [3.63, 3.8) is 0 Å². The number of benzene rings is 3. The molecule has 0 heterocycles. The van der Waals surface area contributed by atoms with Crippen LogP contribution in [0.5, 0.6) is 23.0 Å². The lowest BCUT2D eigenvalue weighted by Gasteiger charge is -2.13. The van der Waals surface area contributed by atoms with Gasteiger partial charge in [0, 0.05) is 35.9 Å². The number of carbonyl (C=O) groups excluding carboxylic acids is 1. The van der Waals surface area contributed by atoms with E-state index in [1.807, 2.05) is 6.07 Å². The number of ether oxygens (including phenoxy) is 4. The molecule has 3 rings (SSSR count). The van der Waals surface area contributed by atoms with E-state index in [-0.39, 0.29) is 34.3 Å². The van der Waals surface area contributed by atoms with E-state index in [4.69, 9.17) is 30.5 Å². The van der Waals surface area contributed by atoms with Crippen molar-refractivity contribution in [3.8, 4) is 29.1 Å². The van der Waals surface area contributed by atoms with Crippen LogP contribution in [0, 0.1) is 21.4 Å². The Kier molecular flexibility index (Phi) is 8.91. The summed E-state index contributed by atoms with van der Waals surface area (Å²) in [6, 6.07) is 15.7. The Morgan fingerprint density at radius 1 is 1.05 bits per heavy atom. The van der Waals surface area contributed by atoms with E-state index in [9.17, 15) is 20.2 Å². The molecule has 3 aromatic carbocycles. The topological polar surface area (TPSA) is 133 Å². The molecule has 3 aromatic rings. The first kappa shape index (κ1) is 26.8. The predicted molar refractivity (Wildman–Crippen MR) is 137 cm³/mol. The number of methoxy groups -OCH3 is 3. The fourth-order valence-corrected chi connectivity index (χ4v) is 3.49. The molecule has 0 aliphatic rings. The first-order valence-electron chi connectivity index (χ1n) is 10.7. The summed E-state index contributed by atoms with van der Waals surface area (Å²) in [5.41, 5.74) is 0.949. The standard InChI is InChI=1S/C26H22ClN3O7/c1-34-20-8-7-17(23(11-20)37-15-16-5-4-6-19(9-16)30(32)33)10-18(14-28)26(31)29-22-13-24(35-2)21(27)12-25(22)36-3/h4-13H,15H2,1-3H3,(H,29,31)/b18-10+. The van der Waals surface area contributed by atoms with Crippen molar-refractivity contribution in [1.82, 2.24) is 0 Å². The Morgan fingerprint density at radius 2 is 1.81 bits per heavy atom. The number of hydrogen-bond donors (Lipinski definition) is 1. The summed E-state index contributed by atoms with van der Waals surface area (Å²) in [6.07, 6.45) is 1.36. The molecule has 0 atom stereocenters. The van der Waals surface area contributed by atoms with Crippen LogP contribution >= 0.6 is 11.6 Å². The zero-order valence-electron chi connectivity index (χ0n) is 20.1. The molecule has 0 unspecified atom stereocenters. The van der Waals surface area contributed by atoms with Gasteiger partial charge in [-0.25, -0.2) is 0 Å². The fourth-order valence-electron chi connectivity index (χ4n) is 3.26. The first-order valence-corrected chi connectivity index (χ1v) is 11.1. The minimum absolute atomic E-state index is 0.00550. The molecule has 0 spiro atoms. The molecule has 1 N–H and O–H groups in total. The largest absolute Gasteiger partial charge is 0.497 e. The maximum atomic E-state index is 13.0. The zero-order valence-corrected chi connectivity index (χ0v) is 20.9. The van der Waals surface area contributed by atoms with Crippen molar-refractivity contribution in [2.45, 2.75) is 6.61 Å². The van der Waals surface area contributed by atoms with Crippen LogP contribution in [0.1, 0.15) is 11.1 Å². The number of carbonyl (C=O) groups is 1. The Hall–Kier alpha value is -4.75. The van der Waals surface area contributed by atoms with Gasteiger partial charge in [-0.1, -0.05) is 23.7 Å². The normalized spacial score (nSPS) is 10.7. The molecule has 1 amide bonds. The highest BCUT2D eigenvalue weighted by Gasteiger charge is 2.17. The molecule has 37 heavy (non-hydrogen) atoms. The van der Waals surface area contributed by atoms with Gasteiger partial charge in [0.05, 0.1) is 37.0 Å². The van der Waals surface area contributed by atoms with Crippen LogP contribution in [0.3, 0.4) is 0 Å². The van der Waals surface area contributed by atoms with Gasteiger partial charge in [-0.15, -0.1) is 0 Å². The van der Waals surface area contributed by atoms with Crippen LogP contribution in [0.15, 0.2) is 60.2 Å². The second-order valence-corrected chi connectivity index (χ2v) is 7.84. The van der Waals surface area contributed by atoms with Crippen molar-refractivity contribution in [2.24, 2.45) is 0 Å². The van der Waals surface area contributed by atoms with Gasteiger partial charge in [0.2, 0.25) is 0 Å². The van der Waals surface area contributed by atoms with Gasteiger partial charge < -0.3 is 24.3 Å². The summed E-state index contributed by atoms with van der Waals surface area (Å²) in [4.78, 5) is 23.5. The molecule has 10 nitrogen and oxygen atoms in total. The summed E-state index contributed by atoms with van der Waals surface area (Å²) in [5.74, 6) is 0.670. The van der Waals surface area contributed by atoms with Crippen LogP contribution in [-0.2, 0) is 11.4 Å². The molecule has 0 saturated carbocycles. The average molecular weight is 524 g/mol. The van der Waals surface area contributed by atoms with Gasteiger partial charge >= 0.3 is 0 Å². The zero-order chi connectivity index (χ0) is 26.9. The lowest BCUT2D eigenvalue weighted by molar-refractivity contribution is -0.384. The van der Waals surface area contributed by atoms with Gasteiger partial charge in [0.15, 0.2) is 0 Å². The van der Waals surface area contributed by atoms with E-state index < -0.39 is 10.8 Å². The van der Waals surface area contributed by atoms with Gasteiger partial charge in [0.1, 0.15) is 41.2 Å². The molecule has 0 radical (unpaired) electrons. The third-order valence-corrected chi connectivity index (χ3v) is 5.42. The number of halogens is 1. The molecule has 0 bridgehead atoms. The Bertz CT molecular complexity index is 1400. The third-order valence-electron chi connectivity index (χ3n) is 5.12. The number of nitro groups is 1. The van der Waals surface area contributed by atoms with Crippen molar-refractivity contribution in [1.29, 1.82) is 5.26 Å². The summed E-state index contributed by atoms with van der Waals surface area (Å²) < 4.78 is 21.6. The van der Waals surface area contributed by atoms with Gasteiger partial charge in [-0.3, -0.25) is 14.9 Å². The summed E-state index contributed by atoms with van der Waals surface area (Å²) in [7, 11) is 4.33. The average Bonchev–Trinajstić information content (AvgIpc) is 2.91. The van der Waals surface area contributed by atoms with E-state index in [1.165, 1.54) is 51.7 Å². The van der Waals surface area contributed by atoms with E-state index >= 15 is 0 Å². The highest BCUT2D eigenvalue weighted by atomic mass is 35.5. The number of amides is 1. The molecule has 0 saturated heterocycles. The van der Waals surface area contributed by atoms with E-state index in [2.05, 4.69) is 5.32 Å². The number of rotatable bonds is 10. The third kappa shape index (κ3) is 6.68. The quantitative estimate of drug-likeness (QED) is 0.162. The van der Waals surface area contributed by atoms with Crippen molar-refractivity contribution in [2.75, 3.05) is 26.6 Å². The number of anilines is 1. The van der Waals surface area contributed by atoms with E-state index in [1.54, 1.807) is 30.3 Å². The molecule has 190 valence electrons. The lowest BCUT2D eigenvalue weighted by atomic mass is 10.1. The minimum atomic E-state index is -0.703. The van der Waals surface area contributed by atoms with Crippen molar-refractivity contribution < 1.29 is 28.7 Å². The molecule has 0 aromatic heterocycles. The van der Waals surface area contributed by atoms with Crippen LogP contribution < -0.4 is 24.3 Å². The van der Waals surface area contributed by atoms with Crippen LogP contribution in [-0.4, -0.2) is 32.2 Å². The summed E-state index contributed by atoms with van der Waals surface area (Å²) in [6.45, 7) is 0.00550. The van der Waals surface area contributed by atoms with Crippen LogP contribution in [0.2, 0.25) is 5.02 Å². The Balaban J connectivity index is 1.90. The monoisotopic (exact) mass is 523 g/mol. The Morgan fingerprint density at radius 3 is 2.46 bits per heavy atom. The maximum absolute atomic E-state index is 13.0. The SMILES string of the molecule is COc1ccc(/C=C(\C#N)C(=O)Nc2cc(OC)c(Cl)cc2OC)c(OCc2cccc([N+](=O)[O-])c2)c1. The summed E-state index contributed by atoms with van der Waals surface area (Å²) in [5, 5.41) is 23.7. The number of nitrogens with one attached hydrogen (secondary N) is 1. The number of nitro benzene ring substituents is 1. The molecule has 0 fully saturated rings. The second-order valence-electron chi connectivity index (χ2n) is 7.43. The van der Waals surface area contributed by atoms with E-state index in [0.29, 0.717) is 28.4 Å². The van der Waals surface area contributed by atoms with Gasteiger partial charge in [-0.05, 0) is 23.8 Å². The molecular formula is C26H22ClN3O7. The fraction of sp³-hybridized carbons (Fsp3) is 0.154. The van der Waals surface area contributed by atoms with Crippen LogP contribution in [0.25, 0.3) is 6.08 Å². The first-order chi connectivity index (χ1) is 17.8. The van der Waals surface area contributed by atoms with E-state index in [0.717, 1.165) is 0 Å². The smallest absolute Gasteiger partial charge is 0.269 e. The highest BCUT2D eigenvalue weighted by molar-refractivity contribution is 6.32. The highest BCUT2D eigenvalue weighted by Crippen LogP contribution is 2.36. The maximum Gasteiger partial charge on any atom is 0.269 e. The van der Waals surface area contributed by atoms with Gasteiger partial charge in [0.25, 0.3) is 11.6 Å². The van der Waals surface area contributed by atoms with Crippen molar-refractivity contribution >= 4 is 35.0 Å². The van der Waals surface area contributed by atoms with Crippen LogP contribution in [0.4, 0.5) is 11.4 Å². The summed E-state index contributed by atoms with van der Waals surface area (Å²) >= 11 is 6.12.